The lowest BCUT2D eigenvalue weighted by atomic mass is 10.1. The van der Waals surface area contributed by atoms with Crippen molar-refractivity contribution in [3.8, 4) is 11.8 Å². The SMILES string of the molecule is CC#CCn1c(N2CCC[C@@H](N)C2)nc2c1c(=O)n(Cc1ccccc1C(=O)O)c(=O)n2C. The van der Waals surface area contributed by atoms with Crippen molar-refractivity contribution in [2.24, 2.45) is 12.8 Å². The van der Waals surface area contributed by atoms with Gasteiger partial charge in [0.2, 0.25) is 5.95 Å². The number of nitrogens with two attached hydrogens (primary N) is 1. The van der Waals surface area contributed by atoms with Crippen LogP contribution in [0.4, 0.5) is 5.95 Å². The number of piperidine rings is 1. The molecule has 0 spiro atoms. The number of rotatable bonds is 5. The van der Waals surface area contributed by atoms with E-state index in [2.05, 4.69) is 16.8 Å². The van der Waals surface area contributed by atoms with Crippen LogP contribution in [0.2, 0.25) is 0 Å². The first-order valence-electron chi connectivity index (χ1n) is 10.7. The first-order chi connectivity index (χ1) is 15.8. The molecule has 3 heterocycles. The van der Waals surface area contributed by atoms with Crippen molar-refractivity contribution in [2.45, 2.75) is 38.9 Å². The molecule has 33 heavy (non-hydrogen) atoms. The van der Waals surface area contributed by atoms with Crippen molar-refractivity contribution in [1.29, 1.82) is 0 Å². The summed E-state index contributed by atoms with van der Waals surface area (Å²) in [5.74, 6) is 5.27. The molecule has 1 aromatic carbocycles. The van der Waals surface area contributed by atoms with Crippen LogP contribution in [0.25, 0.3) is 11.2 Å². The molecule has 1 aliphatic heterocycles. The summed E-state index contributed by atoms with van der Waals surface area (Å²) in [6.07, 6.45) is 1.82. The van der Waals surface area contributed by atoms with Gasteiger partial charge in [-0.05, 0) is 31.4 Å². The van der Waals surface area contributed by atoms with E-state index >= 15 is 0 Å². The van der Waals surface area contributed by atoms with Crippen molar-refractivity contribution < 1.29 is 9.90 Å². The Hall–Kier alpha value is -3.84. The lowest BCUT2D eigenvalue weighted by molar-refractivity contribution is 0.0695. The van der Waals surface area contributed by atoms with E-state index in [0.29, 0.717) is 18.1 Å². The van der Waals surface area contributed by atoms with E-state index in [1.165, 1.54) is 10.6 Å². The Bertz CT molecular complexity index is 1400. The highest BCUT2D eigenvalue weighted by molar-refractivity contribution is 5.89. The Kier molecular flexibility index (Phi) is 6.07. The number of hydrogen-bond acceptors (Lipinski definition) is 6. The number of carbonyl (C=O) groups is 1. The molecule has 0 radical (unpaired) electrons. The molecule has 0 aliphatic carbocycles. The summed E-state index contributed by atoms with van der Waals surface area (Å²) in [7, 11) is 1.55. The maximum atomic E-state index is 13.6. The van der Waals surface area contributed by atoms with Gasteiger partial charge in [0, 0.05) is 26.2 Å². The molecule has 1 atom stereocenters. The van der Waals surface area contributed by atoms with Crippen LogP contribution in [-0.2, 0) is 20.1 Å². The zero-order chi connectivity index (χ0) is 23.7. The summed E-state index contributed by atoms with van der Waals surface area (Å²) < 4.78 is 4.10. The lowest BCUT2D eigenvalue weighted by Gasteiger charge is -2.31. The number of aromatic carboxylic acids is 1. The maximum Gasteiger partial charge on any atom is 0.336 e. The molecule has 0 unspecified atom stereocenters. The van der Waals surface area contributed by atoms with Crippen molar-refractivity contribution >= 4 is 23.1 Å². The van der Waals surface area contributed by atoms with E-state index in [1.807, 2.05) is 4.90 Å². The molecule has 0 saturated carbocycles. The Morgan fingerprint density at radius 1 is 1.27 bits per heavy atom. The Labute approximate surface area is 189 Å². The second-order valence-electron chi connectivity index (χ2n) is 8.14. The smallest absolute Gasteiger partial charge is 0.336 e. The van der Waals surface area contributed by atoms with Crippen LogP contribution in [0.5, 0.6) is 0 Å². The highest BCUT2D eigenvalue weighted by atomic mass is 16.4. The van der Waals surface area contributed by atoms with Gasteiger partial charge in [-0.15, -0.1) is 5.92 Å². The first-order valence-corrected chi connectivity index (χ1v) is 10.7. The summed E-state index contributed by atoms with van der Waals surface area (Å²) in [6, 6.07) is 6.32. The summed E-state index contributed by atoms with van der Waals surface area (Å²) in [4.78, 5) is 45.0. The van der Waals surface area contributed by atoms with Gasteiger partial charge in [0.25, 0.3) is 5.56 Å². The van der Waals surface area contributed by atoms with E-state index in [0.717, 1.165) is 24.0 Å². The minimum atomic E-state index is -1.12. The van der Waals surface area contributed by atoms with Crippen LogP contribution in [0.1, 0.15) is 35.7 Å². The van der Waals surface area contributed by atoms with Crippen LogP contribution in [0, 0.1) is 11.8 Å². The van der Waals surface area contributed by atoms with Gasteiger partial charge >= 0.3 is 11.7 Å². The number of carboxylic acid groups (broad SMARTS) is 1. The van der Waals surface area contributed by atoms with Crippen LogP contribution in [-0.4, -0.2) is 48.9 Å². The molecule has 1 aliphatic rings. The molecule has 3 aromatic rings. The van der Waals surface area contributed by atoms with Crippen molar-refractivity contribution in [2.75, 3.05) is 18.0 Å². The second-order valence-corrected chi connectivity index (χ2v) is 8.14. The third kappa shape index (κ3) is 4.03. The van der Waals surface area contributed by atoms with Gasteiger partial charge in [0.1, 0.15) is 0 Å². The molecule has 1 fully saturated rings. The van der Waals surface area contributed by atoms with E-state index in [-0.39, 0.29) is 35.9 Å². The van der Waals surface area contributed by atoms with Gasteiger partial charge in [-0.1, -0.05) is 24.1 Å². The number of hydrogen-bond donors (Lipinski definition) is 2. The largest absolute Gasteiger partial charge is 0.478 e. The Morgan fingerprint density at radius 3 is 2.73 bits per heavy atom. The number of aryl methyl sites for hydroxylation is 1. The number of nitrogens with zero attached hydrogens (tertiary/aromatic N) is 5. The molecule has 0 bridgehead atoms. The van der Waals surface area contributed by atoms with Crippen molar-refractivity contribution in [1.82, 2.24) is 18.7 Å². The molecule has 172 valence electrons. The Morgan fingerprint density at radius 2 is 2.03 bits per heavy atom. The number of fused-ring (bicyclic) bond motifs is 1. The quantitative estimate of drug-likeness (QED) is 0.545. The molecule has 10 nitrogen and oxygen atoms in total. The molecule has 10 heteroatoms. The highest BCUT2D eigenvalue weighted by Gasteiger charge is 2.26. The van der Waals surface area contributed by atoms with Crippen molar-refractivity contribution in [3.63, 3.8) is 0 Å². The molecule has 0 amide bonds. The average Bonchev–Trinajstić information content (AvgIpc) is 3.19. The van der Waals surface area contributed by atoms with E-state index < -0.39 is 17.2 Å². The number of imidazole rings is 1. The fraction of sp³-hybridized carbons (Fsp3) is 0.391. The topological polar surface area (TPSA) is 128 Å². The fourth-order valence-corrected chi connectivity index (χ4v) is 4.28. The number of benzene rings is 1. The predicted molar refractivity (Wildman–Crippen MR) is 125 cm³/mol. The predicted octanol–water partition coefficient (Wildman–Crippen LogP) is 0.594. The van der Waals surface area contributed by atoms with Gasteiger partial charge in [0.05, 0.1) is 18.7 Å². The molecule has 1 saturated heterocycles. The molecular formula is C23H26N6O4. The normalized spacial score (nSPS) is 16.0. The molecule has 3 N–H and O–H groups in total. The van der Waals surface area contributed by atoms with E-state index in [4.69, 9.17) is 5.73 Å². The van der Waals surface area contributed by atoms with Crippen molar-refractivity contribution in [3.05, 3.63) is 56.2 Å². The van der Waals surface area contributed by atoms with Gasteiger partial charge < -0.3 is 15.7 Å². The Balaban J connectivity index is 1.94. The van der Waals surface area contributed by atoms with Gasteiger partial charge in [0.15, 0.2) is 11.2 Å². The van der Waals surface area contributed by atoms with Gasteiger partial charge in [-0.2, -0.15) is 4.98 Å². The third-order valence-corrected chi connectivity index (χ3v) is 5.94. The minimum Gasteiger partial charge on any atom is -0.478 e. The minimum absolute atomic E-state index is 0.00253. The number of carboxylic acids is 1. The summed E-state index contributed by atoms with van der Waals surface area (Å²) in [5, 5.41) is 9.50. The van der Waals surface area contributed by atoms with Crippen LogP contribution >= 0.6 is 0 Å². The van der Waals surface area contributed by atoms with E-state index in [1.54, 1.807) is 36.7 Å². The number of aromatic nitrogens is 4. The highest BCUT2D eigenvalue weighted by Crippen LogP contribution is 2.23. The monoisotopic (exact) mass is 450 g/mol. The first kappa shape index (κ1) is 22.4. The summed E-state index contributed by atoms with van der Waals surface area (Å²) in [6.45, 7) is 3.11. The average molecular weight is 450 g/mol. The molecular weight excluding hydrogens is 424 g/mol. The van der Waals surface area contributed by atoms with Crippen LogP contribution in [0.15, 0.2) is 33.9 Å². The molecule has 2 aromatic heterocycles. The third-order valence-electron chi connectivity index (χ3n) is 5.94. The van der Waals surface area contributed by atoms with Crippen LogP contribution < -0.4 is 21.9 Å². The maximum absolute atomic E-state index is 13.6. The molecule has 4 rings (SSSR count). The number of anilines is 1. The fourth-order valence-electron chi connectivity index (χ4n) is 4.28. The lowest BCUT2D eigenvalue weighted by Crippen LogP contribution is -2.44. The zero-order valence-corrected chi connectivity index (χ0v) is 18.6. The standard InChI is InChI=1S/C23H26N6O4/c1-3-4-12-28-18-19(25-22(28)27-11-7-9-16(24)14-27)26(2)23(33)29(20(18)30)13-15-8-5-6-10-17(15)21(31)32/h5-6,8,10,16H,7,9,11-14,24H2,1-2H3,(H,31,32)/t16-/m1/s1. The summed E-state index contributed by atoms with van der Waals surface area (Å²) >= 11 is 0. The summed E-state index contributed by atoms with van der Waals surface area (Å²) in [5.41, 5.74) is 5.98. The second kappa shape index (κ2) is 8.96. The van der Waals surface area contributed by atoms with Crippen LogP contribution in [0.3, 0.4) is 0 Å². The van der Waals surface area contributed by atoms with Gasteiger partial charge in [-0.3, -0.25) is 18.5 Å². The van der Waals surface area contributed by atoms with Gasteiger partial charge in [-0.25, -0.2) is 9.59 Å². The van der Waals surface area contributed by atoms with E-state index in [9.17, 15) is 19.5 Å². The zero-order valence-electron chi connectivity index (χ0n) is 18.6.